The molecule has 1 aromatic heterocycles. The summed E-state index contributed by atoms with van der Waals surface area (Å²) in [6.07, 6.45) is 3.71. The van der Waals surface area contributed by atoms with Crippen molar-refractivity contribution in [2.24, 2.45) is 0 Å². The first kappa shape index (κ1) is 12.6. The largest absolute Gasteiger partial charge is 0.495 e. The minimum absolute atomic E-state index is 0.289. The van der Waals surface area contributed by atoms with Crippen LogP contribution in [0.3, 0.4) is 0 Å². The maximum Gasteiger partial charge on any atom is 0.495 e. The van der Waals surface area contributed by atoms with Gasteiger partial charge in [-0.05, 0) is 58.1 Å². The van der Waals surface area contributed by atoms with Crippen LogP contribution in [0, 0.1) is 13.8 Å². The van der Waals surface area contributed by atoms with Crippen molar-refractivity contribution in [1.82, 2.24) is 4.98 Å². The third-order valence-corrected chi connectivity index (χ3v) is 3.87. The molecule has 0 saturated carbocycles. The van der Waals surface area contributed by atoms with Gasteiger partial charge in [0, 0.05) is 12.4 Å². The van der Waals surface area contributed by atoms with E-state index in [9.17, 15) is 0 Å². The molecule has 0 N–H and O–H groups in total. The van der Waals surface area contributed by atoms with Gasteiger partial charge in [-0.3, -0.25) is 4.98 Å². The number of hydrogen-bond acceptors (Lipinski definition) is 3. The van der Waals surface area contributed by atoms with Gasteiger partial charge in [0.15, 0.2) is 0 Å². The summed E-state index contributed by atoms with van der Waals surface area (Å²) >= 11 is 0. The number of rotatable bonds is 1. The summed E-state index contributed by atoms with van der Waals surface area (Å²) in [5.74, 6) is 0. The predicted molar refractivity (Wildman–Crippen MR) is 69.4 cm³/mol. The van der Waals surface area contributed by atoms with Gasteiger partial charge < -0.3 is 9.31 Å². The van der Waals surface area contributed by atoms with Gasteiger partial charge in [0.1, 0.15) is 0 Å². The van der Waals surface area contributed by atoms with E-state index in [4.69, 9.17) is 9.31 Å². The lowest BCUT2D eigenvalue weighted by Gasteiger charge is -2.32. The van der Waals surface area contributed by atoms with Gasteiger partial charge in [0.05, 0.1) is 11.2 Å². The Morgan fingerprint density at radius 1 is 0.941 bits per heavy atom. The number of pyridine rings is 1. The fourth-order valence-electron chi connectivity index (χ4n) is 2.04. The Bertz CT molecular complexity index is 407. The molecule has 17 heavy (non-hydrogen) atoms. The van der Waals surface area contributed by atoms with Crippen LogP contribution in [0.4, 0.5) is 0 Å². The van der Waals surface area contributed by atoms with Gasteiger partial charge in [-0.1, -0.05) is 0 Å². The summed E-state index contributed by atoms with van der Waals surface area (Å²) in [5, 5.41) is 0. The molecule has 3 nitrogen and oxygen atoms in total. The van der Waals surface area contributed by atoms with E-state index in [-0.39, 0.29) is 18.3 Å². The highest BCUT2D eigenvalue weighted by atomic mass is 16.7. The predicted octanol–water partition coefficient (Wildman–Crippen LogP) is 2.00. The second kappa shape index (κ2) is 3.82. The van der Waals surface area contributed by atoms with Crippen LogP contribution < -0.4 is 5.46 Å². The molecule has 4 heteroatoms. The van der Waals surface area contributed by atoms with Crippen molar-refractivity contribution in [2.45, 2.75) is 52.7 Å². The highest BCUT2D eigenvalue weighted by molar-refractivity contribution is 6.63. The Kier molecular flexibility index (Phi) is 2.83. The molecule has 1 aliphatic rings. The Morgan fingerprint density at radius 2 is 1.35 bits per heavy atom. The monoisotopic (exact) mass is 233 g/mol. The molecule has 1 saturated heterocycles. The highest BCUT2D eigenvalue weighted by Crippen LogP contribution is 2.36. The van der Waals surface area contributed by atoms with E-state index in [1.807, 2.05) is 26.2 Å². The first-order valence-electron chi connectivity index (χ1n) is 6.01. The van der Waals surface area contributed by atoms with E-state index < -0.39 is 0 Å². The molecule has 1 fully saturated rings. The van der Waals surface area contributed by atoms with Crippen LogP contribution in [0.2, 0.25) is 0 Å². The molecular weight excluding hydrogens is 213 g/mol. The Labute approximate surface area is 104 Å². The first-order chi connectivity index (χ1) is 7.74. The lowest BCUT2D eigenvalue weighted by molar-refractivity contribution is 0.00578. The quantitative estimate of drug-likeness (QED) is 0.695. The van der Waals surface area contributed by atoms with E-state index in [1.165, 1.54) is 0 Å². The minimum Gasteiger partial charge on any atom is -0.399 e. The SMILES string of the molecule is Cc1cncc(C)c1B1OC(C)(C)C(C)(C)O1. The average molecular weight is 233 g/mol. The number of nitrogens with zero attached hydrogens (tertiary/aromatic N) is 1. The molecule has 0 atom stereocenters. The Hall–Kier alpha value is -0.865. The zero-order chi connectivity index (χ0) is 12.8. The molecule has 92 valence electrons. The van der Waals surface area contributed by atoms with Gasteiger partial charge in [0.25, 0.3) is 0 Å². The molecule has 2 rings (SSSR count). The third kappa shape index (κ3) is 2.00. The van der Waals surface area contributed by atoms with E-state index in [0.717, 1.165) is 16.6 Å². The zero-order valence-electron chi connectivity index (χ0n) is 11.5. The van der Waals surface area contributed by atoms with E-state index >= 15 is 0 Å². The summed E-state index contributed by atoms with van der Waals surface area (Å²) in [7, 11) is -0.289. The van der Waals surface area contributed by atoms with Crippen LogP contribution in [-0.4, -0.2) is 23.3 Å². The van der Waals surface area contributed by atoms with E-state index in [2.05, 4.69) is 32.7 Å². The van der Waals surface area contributed by atoms with Crippen molar-refractivity contribution in [2.75, 3.05) is 0 Å². The molecule has 0 aliphatic carbocycles. The summed E-state index contributed by atoms with van der Waals surface area (Å²) in [6, 6.07) is 0. The van der Waals surface area contributed by atoms with Gasteiger partial charge in [-0.2, -0.15) is 0 Å². The Morgan fingerprint density at radius 3 is 1.76 bits per heavy atom. The smallest absolute Gasteiger partial charge is 0.399 e. The van der Waals surface area contributed by atoms with E-state index in [0.29, 0.717) is 0 Å². The third-order valence-electron chi connectivity index (χ3n) is 3.87. The second-order valence-electron chi connectivity index (χ2n) is 5.78. The van der Waals surface area contributed by atoms with Gasteiger partial charge in [0.2, 0.25) is 0 Å². The average Bonchev–Trinajstić information content (AvgIpc) is 2.35. The van der Waals surface area contributed by atoms with E-state index in [1.54, 1.807) is 0 Å². The van der Waals surface area contributed by atoms with Gasteiger partial charge >= 0.3 is 7.12 Å². The van der Waals surface area contributed by atoms with Crippen molar-refractivity contribution in [1.29, 1.82) is 0 Å². The van der Waals surface area contributed by atoms with Crippen LogP contribution in [0.1, 0.15) is 38.8 Å². The maximum atomic E-state index is 6.06. The van der Waals surface area contributed by atoms with Crippen LogP contribution >= 0.6 is 0 Å². The molecule has 0 aromatic carbocycles. The Balaban J connectivity index is 2.39. The molecule has 0 radical (unpaired) electrons. The maximum absolute atomic E-state index is 6.06. The summed E-state index contributed by atoms with van der Waals surface area (Å²) in [5.41, 5.74) is 2.75. The molecule has 0 amide bonds. The number of aryl methyl sites for hydroxylation is 2. The van der Waals surface area contributed by atoms with Crippen LogP contribution in [-0.2, 0) is 9.31 Å². The lowest BCUT2D eigenvalue weighted by Crippen LogP contribution is -2.41. The standard InChI is InChI=1S/C13H20BNO2/c1-9-7-15-8-10(2)11(9)14-16-12(3,4)13(5,6)17-14/h7-8H,1-6H3. The van der Waals surface area contributed by atoms with Crippen LogP contribution in [0.25, 0.3) is 0 Å². The van der Waals surface area contributed by atoms with Crippen molar-refractivity contribution in [3.63, 3.8) is 0 Å². The molecular formula is C13H20BNO2. The lowest BCUT2D eigenvalue weighted by atomic mass is 9.74. The van der Waals surface area contributed by atoms with Crippen molar-refractivity contribution >= 4 is 12.6 Å². The molecule has 0 spiro atoms. The summed E-state index contributed by atoms with van der Waals surface area (Å²) < 4.78 is 12.1. The van der Waals surface area contributed by atoms with Crippen molar-refractivity contribution in [3.8, 4) is 0 Å². The van der Waals surface area contributed by atoms with Gasteiger partial charge in [-0.15, -0.1) is 0 Å². The fourth-order valence-corrected chi connectivity index (χ4v) is 2.04. The number of aromatic nitrogens is 1. The molecule has 0 unspecified atom stereocenters. The normalized spacial score (nSPS) is 21.9. The molecule has 1 aromatic rings. The molecule has 1 aliphatic heterocycles. The minimum atomic E-state index is -0.292. The first-order valence-corrected chi connectivity index (χ1v) is 6.01. The fraction of sp³-hybridized carbons (Fsp3) is 0.615. The van der Waals surface area contributed by atoms with Crippen LogP contribution in [0.15, 0.2) is 12.4 Å². The topological polar surface area (TPSA) is 31.4 Å². The molecule has 0 bridgehead atoms. The zero-order valence-corrected chi connectivity index (χ0v) is 11.5. The van der Waals surface area contributed by atoms with Crippen LogP contribution in [0.5, 0.6) is 0 Å². The molecule has 2 heterocycles. The van der Waals surface area contributed by atoms with Crippen molar-refractivity contribution < 1.29 is 9.31 Å². The highest BCUT2D eigenvalue weighted by Gasteiger charge is 2.52. The summed E-state index contributed by atoms with van der Waals surface area (Å²) in [4.78, 5) is 4.18. The summed E-state index contributed by atoms with van der Waals surface area (Å²) in [6.45, 7) is 12.4. The van der Waals surface area contributed by atoms with Gasteiger partial charge in [-0.25, -0.2) is 0 Å². The number of hydrogen-bond donors (Lipinski definition) is 0. The second-order valence-corrected chi connectivity index (χ2v) is 5.78. The van der Waals surface area contributed by atoms with Crippen molar-refractivity contribution in [3.05, 3.63) is 23.5 Å².